The van der Waals surface area contributed by atoms with Gasteiger partial charge in [-0.05, 0) is 44.6 Å². The molecule has 19 heavy (non-hydrogen) atoms. The number of rotatable bonds is 8. The van der Waals surface area contributed by atoms with Crippen molar-refractivity contribution in [1.82, 2.24) is 19.2 Å². The maximum Gasteiger partial charge on any atom is 0.199 e. The Morgan fingerprint density at radius 1 is 1.42 bits per heavy atom. The summed E-state index contributed by atoms with van der Waals surface area (Å²) in [5.41, 5.74) is 0. The minimum Gasteiger partial charge on any atom is -0.388 e. The first-order chi connectivity index (χ1) is 9.21. The fraction of sp³-hybridized carbons (Fsp3) is 0.846. The normalized spacial score (nSPS) is 15.4. The third-order valence-electron chi connectivity index (χ3n) is 3.60. The third-order valence-corrected chi connectivity index (χ3v) is 4.01. The molecule has 0 amide bonds. The lowest BCUT2D eigenvalue weighted by Crippen LogP contribution is -2.28. The zero-order chi connectivity index (χ0) is 13.8. The first kappa shape index (κ1) is 14.7. The fourth-order valence-corrected chi connectivity index (χ4v) is 2.62. The molecule has 108 valence electrons. The second-order valence-corrected chi connectivity index (χ2v) is 5.53. The van der Waals surface area contributed by atoms with E-state index in [1.807, 2.05) is 9.25 Å². The smallest absolute Gasteiger partial charge is 0.199 e. The Morgan fingerprint density at radius 3 is 2.68 bits per heavy atom. The number of nitrogens with zero attached hydrogens (tertiary/aromatic N) is 4. The summed E-state index contributed by atoms with van der Waals surface area (Å²) in [6.45, 7) is 7.11. The lowest BCUT2D eigenvalue weighted by atomic mass is 10.3. The van der Waals surface area contributed by atoms with Crippen molar-refractivity contribution >= 4 is 12.2 Å². The molecule has 0 saturated heterocycles. The number of unbranched alkanes of at least 4 members (excludes halogenated alkanes) is 1. The summed E-state index contributed by atoms with van der Waals surface area (Å²) in [5, 5.41) is 13.9. The lowest BCUT2D eigenvalue weighted by Gasteiger charge is -2.19. The fourth-order valence-electron chi connectivity index (χ4n) is 2.26. The van der Waals surface area contributed by atoms with Gasteiger partial charge in [0.25, 0.3) is 0 Å². The molecular formula is C13H24N4OS. The lowest BCUT2D eigenvalue weighted by molar-refractivity contribution is 0.210. The molecule has 0 spiro atoms. The molecule has 0 bridgehead atoms. The van der Waals surface area contributed by atoms with Crippen LogP contribution in [0.15, 0.2) is 0 Å². The molecule has 6 heteroatoms. The van der Waals surface area contributed by atoms with Gasteiger partial charge in [-0.2, -0.15) is 5.10 Å². The molecule has 0 aliphatic heterocycles. The largest absolute Gasteiger partial charge is 0.388 e. The average molecular weight is 284 g/mol. The molecule has 0 radical (unpaired) electrons. The van der Waals surface area contributed by atoms with Crippen molar-refractivity contribution in [3.05, 3.63) is 10.6 Å². The summed E-state index contributed by atoms with van der Waals surface area (Å²) in [5.74, 6) is 0.707. The number of hydrogen-bond acceptors (Lipinski definition) is 4. The van der Waals surface area contributed by atoms with Crippen molar-refractivity contribution in [2.75, 3.05) is 13.1 Å². The quantitative estimate of drug-likeness (QED) is 0.744. The maximum atomic E-state index is 9.41. The minimum atomic E-state index is -0.0335. The molecule has 0 unspecified atom stereocenters. The van der Waals surface area contributed by atoms with Crippen LogP contribution in [0.25, 0.3) is 0 Å². The van der Waals surface area contributed by atoms with E-state index in [1.165, 1.54) is 12.8 Å². The van der Waals surface area contributed by atoms with Crippen LogP contribution in [0.2, 0.25) is 0 Å². The van der Waals surface area contributed by atoms with Crippen molar-refractivity contribution in [3.63, 3.8) is 0 Å². The monoisotopic (exact) mass is 284 g/mol. The molecular weight excluding hydrogens is 260 g/mol. The van der Waals surface area contributed by atoms with E-state index in [9.17, 15) is 5.11 Å². The van der Waals surface area contributed by atoms with Crippen LogP contribution >= 0.6 is 12.2 Å². The van der Waals surface area contributed by atoms with Crippen LogP contribution in [0.3, 0.4) is 0 Å². The van der Waals surface area contributed by atoms with E-state index in [1.54, 1.807) is 0 Å². The molecule has 1 aliphatic carbocycles. The summed E-state index contributed by atoms with van der Waals surface area (Å²) in [6.07, 6.45) is 4.69. The van der Waals surface area contributed by atoms with Gasteiger partial charge < -0.3 is 5.11 Å². The summed E-state index contributed by atoms with van der Waals surface area (Å²) < 4.78 is 4.64. The van der Waals surface area contributed by atoms with E-state index in [0.717, 1.165) is 37.4 Å². The average Bonchev–Trinajstić information content (AvgIpc) is 3.20. The first-order valence-corrected chi connectivity index (χ1v) is 7.63. The summed E-state index contributed by atoms with van der Waals surface area (Å²) in [6, 6.07) is 0.467. The molecule has 1 heterocycles. The summed E-state index contributed by atoms with van der Waals surface area (Å²) >= 11 is 5.50. The molecule has 1 aromatic rings. The standard InChI is InChI=1S/C13H24N4OS/c1-3-5-8-15(4-2)10-16-13(19)17(11-6-7-11)12(9-18)14-16/h11,18H,3-10H2,1-2H3. The third kappa shape index (κ3) is 3.43. The van der Waals surface area contributed by atoms with Crippen LogP contribution in [-0.4, -0.2) is 37.4 Å². The zero-order valence-electron chi connectivity index (χ0n) is 11.9. The van der Waals surface area contributed by atoms with Gasteiger partial charge in [0, 0.05) is 6.04 Å². The van der Waals surface area contributed by atoms with Crippen molar-refractivity contribution in [3.8, 4) is 0 Å². The van der Waals surface area contributed by atoms with Crippen molar-refractivity contribution in [1.29, 1.82) is 0 Å². The van der Waals surface area contributed by atoms with Crippen LogP contribution in [-0.2, 0) is 13.3 Å². The molecule has 1 aliphatic rings. The predicted octanol–water partition coefficient (Wildman–Crippen LogP) is 2.32. The van der Waals surface area contributed by atoms with Crippen molar-refractivity contribution < 1.29 is 5.11 Å². The van der Waals surface area contributed by atoms with Crippen LogP contribution in [0, 0.1) is 4.77 Å². The Balaban J connectivity index is 2.13. The van der Waals surface area contributed by atoms with Crippen molar-refractivity contribution in [2.45, 2.75) is 58.8 Å². The SMILES string of the molecule is CCCCN(CC)Cn1nc(CO)n(C2CC2)c1=S. The van der Waals surface area contributed by atoms with Gasteiger partial charge in [-0.25, -0.2) is 4.68 Å². The maximum absolute atomic E-state index is 9.41. The molecule has 1 N–H and O–H groups in total. The van der Waals surface area contributed by atoms with Crippen LogP contribution < -0.4 is 0 Å². The zero-order valence-corrected chi connectivity index (χ0v) is 12.7. The van der Waals surface area contributed by atoms with Crippen LogP contribution in [0.4, 0.5) is 0 Å². The summed E-state index contributed by atoms with van der Waals surface area (Å²) in [4.78, 5) is 2.34. The first-order valence-electron chi connectivity index (χ1n) is 7.22. The Kier molecular flexibility index (Phi) is 5.13. The van der Waals surface area contributed by atoms with Gasteiger partial charge in [0.15, 0.2) is 10.6 Å². The van der Waals surface area contributed by atoms with E-state index in [-0.39, 0.29) is 6.61 Å². The van der Waals surface area contributed by atoms with Gasteiger partial charge >= 0.3 is 0 Å². The highest BCUT2D eigenvalue weighted by Crippen LogP contribution is 2.36. The highest BCUT2D eigenvalue weighted by atomic mass is 32.1. The molecule has 0 aromatic carbocycles. The Labute approximate surface area is 119 Å². The van der Waals surface area contributed by atoms with Gasteiger partial charge in [-0.1, -0.05) is 20.3 Å². The van der Waals surface area contributed by atoms with Gasteiger partial charge in [0.2, 0.25) is 0 Å². The van der Waals surface area contributed by atoms with E-state index >= 15 is 0 Å². The number of aliphatic hydroxyl groups is 1. The van der Waals surface area contributed by atoms with Crippen LogP contribution in [0.5, 0.6) is 0 Å². The van der Waals surface area contributed by atoms with E-state index < -0.39 is 0 Å². The molecule has 1 fully saturated rings. The summed E-state index contributed by atoms with van der Waals surface area (Å²) in [7, 11) is 0. The predicted molar refractivity (Wildman–Crippen MR) is 77.4 cm³/mol. The van der Waals surface area contributed by atoms with Gasteiger partial charge in [0.1, 0.15) is 6.61 Å². The highest BCUT2D eigenvalue weighted by Gasteiger charge is 2.28. The second-order valence-electron chi connectivity index (χ2n) is 5.16. The van der Waals surface area contributed by atoms with E-state index in [0.29, 0.717) is 11.9 Å². The van der Waals surface area contributed by atoms with Crippen molar-refractivity contribution in [2.24, 2.45) is 0 Å². The second kappa shape index (κ2) is 6.63. The Hall–Kier alpha value is -0.720. The Bertz CT molecular complexity index is 464. The van der Waals surface area contributed by atoms with Gasteiger partial charge in [-0.15, -0.1) is 0 Å². The molecule has 0 atom stereocenters. The number of hydrogen-bond donors (Lipinski definition) is 1. The molecule has 1 aromatic heterocycles. The minimum absolute atomic E-state index is 0.0335. The topological polar surface area (TPSA) is 46.2 Å². The molecule has 1 saturated carbocycles. The highest BCUT2D eigenvalue weighted by molar-refractivity contribution is 7.71. The van der Waals surface area contributed by atoms with E-state index in [4.69, 9.17) is 12.2 Å². The number of aromatic nitrogens is 3. The van der Waals surface area contributed by atoms with Gasteiger partial charge in [-0.3, -0.25) is 9.47 Å². The Morgan fingerprint density at radius 2 is 2.16 bits per heavy atom. The van der Waals surface area contributed by atoms with Gasteiger partial charge in [0.05, 0.1) is 6.67 Å². The van der Waals surface area contributed by atoms with Crippen LogP contribution in [0.1, 0.15) is 51.4 Å². The molecule has 5 nitrogen and oxygen atoms in total. The molecule has 2 rings (SSSR count). The van der Waals surface area contributed by atoms with E-state index in [2.05, 4.69) is 23.8 Å². The number of aliphatic hydroxyl groups excluding tert-OH is 1.